The van der Waals surface area contributed by atoms with Gasteiger partial charge in [-0.05, 0) is 25.2 Å². The summed E-state index contributed by atoms with van der Waals surface area (Å²) in [5, 5.41) is 9.77. The highest BCUT2D eigenvalue weighted by Crippen LogP contribution is 2.30. The summed E-state index contributed by atoms with van der Waals surface area (Å²) in [6.45, 7) is 0.934. The number of hydrogen-bond donors (Lipinski definition) is 1. The molecule has 0 radical (unpaired) electrons. The van der Waals surface area contributed by atoms with Crippen molar-refractivity contribution in [2.45, 2.75) is 50.7 Å². The maximum atomic E-state index is 9.77. The lowest BCUT2D eigenvalue weighted by Gasteiger charge is -2.18. The van der Waals surface area contributed by atoms with Crippen LogP contribution in [0.4, 0.5) is 0 Å². The first kappa shape index (κ1) is 8.52. The normalized spacial score (nSPS) is 42.2. The molecule has 0 aromatic rings. The molecule has 1 saturated heterocycles. The first-order valence-electron chi connectivity index (χ1n) is 5.16. The summed E-state index contributed by atoms with van der Waals surface area (Å²) in [6.07, 6.45) is 7.58. The molecule has 12 heavy (non-hydrogen) atoms. The highest BCUT2D eigenvalue weighted by atomic mass is 16.6. The van der Waals surface area contributed by atoms with E-state index in [4.69, 9.17) is 4.74 Å². The Balaban J connectivity index is 1.81. The minimum atomic E-state index is -0.0447. The molecule has 1 heterocycles. The third-order valence-corrected chi connectivity index (χ3v) is 3.09. The average molecular weight is 170 g/mol. The zero-order valence-corrected chi connectivity index (χ0v) is 7.54. The summed E-state index contributed by atoms with van der Waals surface area (Å²) < 4.78 is 5.19. The van der Waals surface area contributed by atoms with Gasteiger partial charge >= 0.3 is 0 Å². The van der Waals surface area contributed by atoms with E-state index in [1.807, 2.05) is 0 Å². The van der Waals surface area contributed by atoms with E-state index in [1.54, 1.807) is 0 Å². The third-order valence-electron chi connectivity index (χ3n) is 3.09. The standard InChI is InChI=1S/C10H18O2/c11-10-5-3-1-2-4-8(10)6-9-7-12-9/h8-11H,1-7H2/t8-,9?,10+/m0/s1. The quantitative estimate of drug-likeness (QED) is 0.505. The second kappa shape index (κ2) is 3.75. The molecule has 1 aliphatic heterocycles. The van der Waals surface area contributed by atoms with Gasteiger partial charge in [0.2, 0.25) is 0 Å². The van der Waals surface area contributed by atoms with Gasteiger partial charge in [0.1, 0.15) is 0 Å². The van der Waals surface area contributed by atoms with Crippen LogP contribution in [0.3, 0.4) is 0 Å². The molecule has 70 valence electrons. The van der Waals surface area contributed by atoms with Crippen molar-refractivity contribution in [1.29, 1.82) is 0 Å². The van der Waals surface area contributed by atoms with Crippen molar-refractivity contribution < 1.29 is 9.84 Å². The van der Waals surface area contributed by atoms with Gasteiger partial charge in [-0.2, -0.15) is 0 Å². The Labute approximate surface area is 73.9 Å². The van der Waals surface area contributed by atoms with Crippen LogP contribution < -0.4 is 0 Å². The number of rotatable bonds is 2. The number of ether oxygens (including phenoxy) is 1. The van der Waals surface area contributed by atoms with Crippen LogP contribution in [0.1, 0.15) is 38.5 Å². The summed E-state index contributed by atoms with van der Waals surface area (Å²) in [5.41, 5.74) is 0. The van der Waals surface area contributed by atoms with Crippen LogP contribution in [0.2, 0.25) is 0 Å². The van der Waals surface area contributed by atoms with Gasteiger partial charge in [0, 0.05) is 0 Å². The van der Waals surface area contributed by atoms with Crippen LogP contribution in [0.25, 0.3) is 0 Å². The van der Waals surface area contributed by atoms with E-state index >= 15 is 0 Å². The van der Waals surface area contributed by atoms with Crippen LogP contribution in [0.15, 0.2) is 0 Å². The SMILES string of the molecule is O[C@@H]1CCCCC[C@H]1CC1CO1. The maximum Gasteiger partial charge on any atom is 0.0813 e. The molecule has 1 unspecified atom stereocenters. The Kier molecular flexibility index (Phi) is 2.66. The lowest BCUT2D eigenvalue weighted by molar-refractivity contribution is 0.0908. The Morgan fingerprint density at radius 3 is 2.67 bits per heavy atom. The van der Waals surface area contributed by atoms with E-state index in [9.17, 15) is 5.11 Å². The molecule has 2 aliphatic rings. The molecule has 0 spiro atoms. The molecule has 1 saturated carbocycles. The summed E-state index contributed by atoms with van der Waals surface area (Å²) in [6, 6.07) is 0. The van der Waals surface area contributed by atoms with E-state index in [0.717, 1.165) is 19.4 Å². The van der Waals surface area contributed by atoms with Crippen molar-refractivity contribution in [3.8, 4) is 0 Å². The lowest BCUT2D eigenvalue weighted by Crippen LogP contribution is -2.20. The van der Waals surface area contributed by atoms with Crippen LogP contribution in [-0.4, -0.2) is 23.9 Å². The number of epoxide rings is 1. The van der Waals surface area contributed by atoms with Gasteiger partial charge in [-0.3, -0.25) is 0 Å². The van der Waals surface area contributed by atoms with Crippen molar-refractivity contribution in [3.05, 3.63) is 0 Å². The second-order valence-corrected chi connectivity index (χ2v) is 4.16. The predicted octanol–water partition coefficient (Wildman–Crippen LogP) is 1.72. The molecule has 2 heteroatoms. The van der Waals surface area contributed by atoms with Crippen molar-refractivity contribution in [2.75, 3.05) is 6.61 Å². The first-order valence-corrected chi connectivity index (χ1v) is 5.16. The molecule has 3 atom stereocenters. The molecule has 1 N–H and O–H groups in total. The Morgan fingerprint density at radius 1 is 1.17 bits per heavy atom. The van der Waals surface area contributed by atoms with Crippen molar-refractivity contribution in [3.63, 3.8) is 0 Å². The molecule has 1 aliphatic carbocycles. The van der Waals surface area contributed by atoms with E-state index in [2.05, 4.69) is 0 Å². The third kappa shape index (κ3) is 2.20. The number of aliphatic hydroxyl groups excluding tert-OH is 1. The molecule has 2 nitrogen and oxygen atoms in total. The molecular formula is C10H18O2. The Hall–Kier alpha value is -0.0800. The largest absolute Gasteiger partial charge is 0.393 e. The van der Waals surface area contributed by atoms with Crippen LogP contribution in [0.5, 0.6) is 0 Å². The Morgan fingerprint density at radius 2 is 1.92 bits per heavy atom. The highest BCUT2D eigenvalue weighted by molar-refractivity contribution is 4.80. The topological polar surface area (TPSA) is 32.8 Å². The van der Waals surface area contributed by atoms with Gasteiger partial charge in [0.15, 0.2) is 0 Å². The number of aliphatic hydroxyl groups is 1. The van der Waals surface area contributed by atoms with Crippen LogP contribution >= 0.6 is 0 Å². The van der Waals surface area contributed by atoms with Gasteiger partial charge in [0.25, 0.3) is 0 Å². The molecule has 2 fully saturated rings. The summed E-state index contributed by atoms with van der Waals surface area (Å²) in [7, 11) is 0. The van der Waals surface area contributed by atoms with Crippen LogP contribution in [-0.2, 0) is 4.74 Å². The van der Waals surface area contributed by atoms with E-state index < -0.39 is 0 Å². The molecule has 0 aromatic carbocycles. The van der Waals surface area contributed by atoms with Gasteiger partial charge in [0.05, 0.1) is 18.8 Å². The fourth-order valence-corrected chi connectivity index (χ4v) is 2.18. The first-order chi connectivity index (χ1) is 5.86. The fourth-order valence-electron chi connectivity index (χ4n) is 2.18. The minimum Gasteiger partial charge on any atom is -0.393 e. The van der Waals surface area contributed by atoms with Gasteiger partial charge in [-0.15, -0.1) is 0 Å². The second-order valence-electron chi connectivity index (χ2n) is 4.16. The predicted molar refractivity (Wildman–Crippen MR) is 46.9 cm³/mol. The molecule has 0 amide bonds. The minimum absolute atomic E-state index is 0.0447. The monoisotopic (exact) mass is 170 g/mol. The Bertz CT molecular complexity index is 143. The summed E-state index contributed by atoms with van der Waals surface area (Å²) >= 11 is 0. The smallest absolute Gasteiger partial charge is 0.0813 e. The molecular weight excluding hydrogens is 152 g/mol. The maximum absolute atomic E-state index is 9.77. The summed E-state index contributed by atoms with van der Waals surface area (Å²) in [4.78, 5) is 0. The zero-order chi connectivity index (χ0) is 8.39. The van der Waals surface area contributed by atoms with E-state index in [-0.39, 0.29) is 6.10 Å². The van der Waals surface area contributed by atoms with Crippen molar-refractivity contribution in [1.82, 2.24) is 0 Å². The molecule has 2 rings (SSSR count). The van der Waals surface area contributed by atoms with Gasteiger partial charge in [-0.25, -0.2) is 0 Å². The average Bonchev–Trinajstić information content (AvgIpc) is 2.84. The van der Waals surface area contributed by atoms with E-state index in [0.29, 0.717) is 12.0 Å². The number of hydrogen-bond acceptors (Lipinski definition) is 2. The van der Waals surface area contributed by atoms with Gasteiger partial charge < -0.3 is 9.84 Å². The van der Waals surface area contributed by atoms with Crippen LogP contribution in [0, 0.1) is 5.92 Å². The molecule has 0 bridgehead atoms. The fraction of sp³-hybridized carbons (Fsp3) is 1.00. The van der Waals surface area contributed by atoms with Crippen molar-refractivity contribution >= 4 is 0 Å². The highest BCUT2D eigenvalue weighted by Gasteiger charge is 2.30. The zero-order valence-electron chi connectivity index (χ0n) is 7.54. The summed E-state index contributed by atoms with van der Waals surface area (Å²) in [5.74, 6) is 0.528. The van der Waals surface area contributed by atoms with Crippen molar-refractivity contribution in [2.24, 2.45) is 5.92 Å². The molecule has 0 aromatic heterocycles. The van der Waals surface area contributed by atoms with Gasteiger partial charge in [-0.1, -0.05) is 19.3 Å². The van der Waals surface area contributed by atoms with E-state index in [1.165, 1.54) is 25.7 Å². The lowest BCUT2D eigenvalue weighted by atomic mass is 9.92.